The maximum atomic E-state index is 11.9. The maximum absolute atomic E-state index is 11.9. The number of hydrogen-bond donors (Lipinski definition) is 0. The van der Waals surface area contributed by atoms with Crippen molar-refractivity contribution in [1.29, 1.82) is 0 Å². The van der Waals surface area contributed by atoms with Crippen molar-refractivity contribution in [2.24, 2.45) is 0 Å². The van der Waals surface area contributed by atoms with Gasteiger partial charge in [0.25, 0.3) is 0 Å². The standard InChI is InChI=1S/C35H76O8Si4/c1-14-44(15-2,16-3)39-29-30-32(41-45(17-4,18-5)19-6)33(42-46(20-7,21-8)22-9)34(43-47(23-10,24-11)25-12)35(40-30)38-28-26-27-31(36)37-13/h30,32-35H,14-29H2,1-13H3/t30?,32-,33?,34?,35-/m1/s1. The van der Waals surface area contributed by atoms with Crippen molar-refractivity contribution in [3.8, 4) is 0 Å². The minimum atomic E-state index is -2.13. The van der Waals surface area contributed by atoms with Crippen molar-refractivity contribution in [2.45, 2.75) is 199 Å². The van der Waals surface area contributed by atoms with E-state index in [4.69, 9.17) is 31.9 Å². The number of methoxy groups -OCH3 is 1. The van der Waals surface area contributed by atoms with Crippen LogP contribution in [0.5, 0.6) is 0 Å². The molecule has 8 nitrogen and oxygen atoms in total. The van der Waals surface area contributed by atoms with Crippen molar-refractivity contribution in [3.05, 3.63) is 0 Å². The molecule has 0 bridgehead atoms. The number of hydrogen-bond acceptors (Lipinski definition) is 8. The lowest BCUT2D eigenvalue weighted by molar-refractivity contribution is -0.291. The van der Waals surface area contributed by atoms with Gasteiger partial charge in [-0.25, -0.2) is 0 Å². The van der Waals surface area contributed by atoms with Crippen LogP contribution in [0.2, 0.25) is 72.5 Å². The molecule has 47 heavy (non-hydrogen) atoms. The quantitative estimate of drug-likeness (QED) is 0.0493. The average molecular weight is 737 g/mol. The lowest BCUT2D eigenvalue weighted by atomic mass is 9.99. The van der Waals surface area contributed by atoms with Gasteiger partial charge in [0.15, 0.2) is 39.6 Å². The summed E-state index contributed by atoms with van der Waals surface area (Å²) in [5.74, 6) is -0.231. The molecular formula is C35H76O8Si4. The first-order valence-electron chi connectivity index (χ1n) is 19.4. The van der Waals surface area contributed by atoms with Crippen LogP contribution in [0.25, 0.3) is 0 Å². The van der Waals surface area contributed by atoms with Gasteiger partial charge < -0.3 is 31.9 Å². The maximum Gasteiger partial charge on any atom is 0.305 e. The third-order valence-electron chi connectivity index (χ3n) is 12.1. The van der Waals surface area contributed by atoms with Crippen molar-refractivity contribution >= 4 is 39.2 Å². The molecule has 0 spiro atoms. The Morgan fingerprint density at radius 1 is 0.553 bits per heavy atom. The summed E-state index contributed by atoms with van der Waals surface area (Å²) in [7, 11) is -6.86. The van der Waals surface area contributed by atoms with Gasteiger partial charge in [0.05, 0.1) is 20.3 Å². The second kappa shape index (κ2) is 22.1. The number of carbonyl (C=O) groups excluding carboxylic acids is 1. The van der Waals surface area contributed by atoms with E-state index >= 15 is 0 Å². The zero-order chi connectivity index (χ0) is 35.7. The summed E-state index contributed by atoms with van der Waals surface area (Å²) in [5, 5.41) is 0. The van der Waals surface area contributed by atoms with Crippen molar-refractivity contribution in [3.63, 3.8) is 0 Å². The number of esters is 1. The smallest absolute Gasteiger partial charge is 0.305 e. The minimum absolute atomic E-state index is 0.231. The van der Waals surface area contributed by atoms with Crippen molar-refractivity contribution in [1.82, 2.24) is 0 Å². The highest BCUT2D eigenvalue weighted by Gasteiger charge is 2.55. The molecule has 5 atom stereocenters. The number of carbonyl (C=O) groups is 1. The van der Waals surface area contributed by atoms with Crippen LogP contribution < -0.4 is 0 Å². The predicted molar refractivity (Wildman–Crippen MR) is 205 cm³/mol. The fourth-order valence-electron chi connectivity index (χ4n) is 7.25. The molecule has 1 heterocycles. The van der Waals surface area contributed by atoms with Crippen LogP contribution in [0.4, 0.5) is 0 Å². The average Bonchev–Trinajstić information content (AvgIpc) is 3.12. The van der Waals surface area contributed by atoms with Crippen molar-refractivity contribution in [2.75, 3.05) is 20.3 Å². The summed E-state index contributed by atoms with van der Waals surface area (Å²) >= 11 is 0. The molecule has 3 unspecified atom stereocenters. The van der Waals surface area contributed by atoms with E-state index in [1.54, 1.807) is 0 Å². The van der Waals surface area contributed by atoms with Gasteiger partial charge in [-0.1, -0.05) is 83.1 Å². The molecule has 1 aliphatic heterocycles. The Hall–Kier alpha value is 0.0975. The summed E-state index contributed by atoms with van der Waals surface area (Å²) < 4.78 is 48.2. The van der Waals surface area contributed by atoms with Crippen molar-refractivity contribution < 1.29 is 36.7 Å². The molecule has 0 aromatic carbocycles. The molecule has 1 fully saturated rings. The van der Waals surface area contributed by atoms with Crippen LogP contribution in [-0.2, 0) is 36.7 Å². The third-order valence-corrected chi connectivity index (χ3v) is 30.6. The summed E-state index contributed by atoms with van der Waals surface area (Å²) in [6.45, 7) is 28.2. The topological polar surface area (TPSA) is 81.7 Å². The Morgan fingerprint density at radius 2 is 0.936 bits per heavy atom. The Balaban J connectivity index is 3.92. The van der Waals surface area contributed by atoms with Crippen LogP contribution in [0.15, 0.2) is 0 Å². The SMILES string of the molecule is CC[Si](CC)(CC)OCC1O[C@@H](OCCCC(=O)OC)C(O[Si](CC)(CC)CC)C(O[Si](CC)(CC)CC)[C@@H]1O[Si](CC)(CC)CC. The summed E-state index contributed by atoms with van der Waals surface area (Å²) in [5.41, 5.74) is 0. The van der Waals surface area contributed by atoms with E-state index in [0.717, 1.165) is 72.5 Å². The normalized spacial score (nSPS) is 22.9. The lowest BCUT2D eigenvalue weighted by Gasteiger charge is -2.53. The second-order valence-electron chi connectivity index (χ2n) is 13.6. The van der Waals surface area contributed by atoms with Crippen LogP contribution in [0, 0.1) is 0 Å². The van der Waals surface area contributed by atoms with E-state index < -0.39 is 45.7 Å². The monoisotopic (exact) mass is 736 g/mol. The fraction of sp³-hybridized carbons (Fsp3) is 0.971. The molecule has 0 radical (unpaired) electrons. The van der Waals surface area contributed by atoms with E-state index in [9.17, 15) is 4.79 Å². The molecule has 1 rings (SSSR count). The molecule has 0 N–H and O–H groups in total. The second-order valence-corrected chi connectivity index (χ2v) is 32.6. The van der Waals surface area contributed by atoms with Gasteiger partial charge >= 0.3 is 5.97 Å². The summed E-state index contributed by atoms with van der Waals surface area (Å²) in [4.78, 5) is 11.9. The predicted octanol–water partition coefficient (Wildman–Crippen LogP) is 9.87. The highest BCUT2D eigenvalue weighted by Crippen LogP contribution is 2.40. The zero-order valence-electron chi connectivity index (χ0n) is 33.0. The van der Waals surface area contributed by atoms with Gasteiger partial charge in [0.1, 0.15) is 24.4 Å². The molecule has 12 heteroatoms. The Bertz CT molecular complexity index is 816. The van der Waals surface area contributed by atoms with Gasteiger partial charge in [-0.15, -0.1) is 0 Å². The molecular weight excluding hydrogens is 661 g/mol. The van der Waals surface area contributed by atoms with Gasteiger partial charge in [-0.2, -0.15) is 0 Å². The number of ether oxygens (including phenoxy) is 3. The molecule has 1 saturated heterocycles. The van der Waals surface area contributed by atoms with Crippen LogP contribution in [0.3, 0.4) is 0 Å². The van der Waals surface area contributed by atoms with E-state index in [1.807, 2.05) is 0 Å². The Kier molecular flexibility index (Phi) is 21.2. The van der Waals surface area contributed by atoms with Crippen LogP contribution in [-0.4, -0.2) is 90.3 Å². The number of rotatable bonds is 26. The van der Waals surface area contributed by atoms with Crippen LogP contribution >= 0.6 is 0 Å². The minimum Gasteiger partial charge on any atom is -0.469 e. The Morgan fingerprint density at radius 3 is 1.32 bits per heavy atom. The zero-order valence-corrected chi connectivity index (χ0v) is 37.0. The first-order chi connectivity index (χ1) is 22.4. The molecule has 0 aromatic heterocycles. The molecule has 1 aliphatic rings. The van der Waals surface area contributed by atoms with E-state index in [-0.39, 0.29) is 24.3 Å². The van der Waals surface area contributed by atoms with E-state index in [1.165, 1.54) is 7.11 Å². The van der Waals surface area contributed by atoms with Gasteiger partial charge in [0.2, 0.25) is 0 Å². The van der Waals surface area contributed by atoms with Crippen LogP contribution in [0.1, 0.15) is 95.9 Å². The molecule has 0 amide bonds. The largest absolute Gasteiger partial charge is 0.469 e. The van der Waals surface area contributed by atoms with Gasteiger partial charge in [0, 0.05) is 6.42 Å². The Labute approximate surface area is 294 Å². The molecule has 0 aromatic rings. The third kappa shape index (κ3) is 12.1. The van der Waals surface area contributed by atoms with E-state index in [2.05, 4.69) is 83.1 Å². The molecule has 0 aliphatic carbocycles. The summed E-state index contributed by atoms with van der Waals surface area (Å²) in [6.07, 6.45) is -1.15. The highest BCUT2D eigenvalue weighted by atomic mass is 28.4. The van der Waals surface area contributed by atoms with E-state index in [0.29, 0.717) is 26.1 Å². The highest BCUT2D eigenvalue weighted by molar-refractivity contribution is 6.75. The summed E-state index contributed by atoms with van der Waals surface area (Å²) in [6, 6.07) is 12.5. The first kappa shape index (κ1) is 45.1. The fourth-order valence-corrected chi connectivity index (χ4v) is 18.4. The molecule has 0 saturated carbocycles. The van der Waals surface area contributed by atoms with Gasteiger partial charge in [-0.05, 0) is 78.9 Å². The first-order valence-corrected chi connectivity index (χ1v) is 29.6. The lowest BCUT2D eigenvalue weighted by Crippen LogP contribution is -2.68. The molecule has 280 valence electrons. The van der Waals surface area contributed by atoms with Gasteiger partial charge in [-0.3, -0.25) is 4.79 Å².